The summed E-state index contributed by atoms with van der Waals surface area (Å²) in [5, 5.41) is 9.01. The van der Waals surface area contributed by atoms with E-state index in [2.05, 4.69) is 0 Å². The molecule has 1 heterocycles. The topological polar surface area (TPSA) is 29.5 Å². The van der Waals surface area contributed by atoms with Crippen molar-refractivity contribution in [2.24, 2.45) is 0 Å². The smallest absolute Gasteiger partial charge is 0.127 e. The van der Waals surface area contributed by atoms with E-state index in [1.807, 2.05) is 30.4 Å². The van der Waals surface area contributed by atoms with Crippen LogP contribution in [0.15, 0.2) is 35.4 Å². The number of aliphatic hydroxyl groups excluding tert-OH is 1. The highest BCUT2D eigenvalue weighted by Gasteiger charge is 2.07. The zero-order valence-corrected chi connectivity index (χ0v) is 8.87. The van der Waals surface area contributed by atoms with Gasteiger partial charge in [-0.2, -0.15) is 0 Å². The number of rotatable bonds is 1. The first-order valence-electron chi connectivity index (χ1n) is 4.67. The van der Waals surface area contributed by atoms with Crippen LogP contribution in [0.25, 0.3) is 6.08 Å². The predicted octanol–water partition coefficient (Wildman–Crippen LogP) is 2.71. The van der Waals surface area contributed by atoms with Crippen molar-refractivity contribution in [1.29, 1.82) is 0 Å². The second-order valence-corrected chi connectivity index (χ2v) is 3.55. The fourth-order valence-electron chi connectivity index (χ4n) is 1.43. The maximum atomic E-state index is 9.01. The Kier molecular flexibility index (Phi) is 3.09. The summed E-state index contributed by atoms with van der Waals surface area (Å²) in [4.78, 5) is 0. The molecule has 3 heteroatoms. The molecule has 0 aromatic heterocycles. The molecular weight excluding hydrogens is 212 g/mol. The van der Waals surface area contributed by atoms with Crippen molar-refractivity contribution >= 4 is 17.7 Å². The van der Waals surface area contributed by atoms with Gasteiger partial charge in [0.25, 0.3) is 0 Å². The lowest BCUT2D eigenvalue weighted by atomic mass is 10.1. The molecule has 78 valence electrons. The SMILES string of the molecule is OCc1ccc2c(c1)C=C/C(=C/Cl)CO2. The van der Waals surface area contributed by atoms with Gasteiger partial charge in [0, 0.05) is 16.7 Å². The van der Waals surface area contributed by atoms with Crippen LogP contribution >= 0.6 is 11.6 Å². The molecular formula is C12H11ClO2. The number of hydrogen-bond acceptors (Lipinski definition) is 2. The van der Waals surface area contributed by atoms with Crippen molar-refractivity contribution in [2.75, 3.05) is 6.61 Å². The van der Waals surface area contributed by atoms with Gasteiger partial charge in [-0.1, -0.05) is 29.8 Å². The lowest BCUT2D eigenvalue weighted by Gasteiger charge is -2.07. The van der Waals surface area contributed by atoms with E-state index in [9.17, 15) is 0 Å². The summed E-state index contributed by atoms with van der Waals surface area (Å²) in [5.74, 6) is 0.817. The van der Waals surface area contributed by atoms with E-state index in [0.29, 0.717) is 6.61 Å². The van der Waals surface area contributed by atoms with E-state index in [0.717, 1.165) is 22.4 Å². The standard InChI is InChI=1S/C12H11ClO2/c13-6-10-1-3-11-5-9(7-14)2-4-12(11)15-8-10/h1-6,14H,7-8H2/b10-6-. The molecule has 1 aliphatic heterocycles. The van der Waals surface area contributed by atoms with Gasteiger partial charge in [0.2, 0.25) is 0 Å². The van der Waals surface area contributed by atoms with Crippen LogP contribution < -0.4 is 4.74 Å². The molecule has 0 amide bonds. The monoisotopic (exact) mass is 222 g/mol. The average Bonchev–Trinajstić information content (AvgIpc) is 2.50. The maximum absolute atomic E-state index is 9.01. The molecule has 0 fully saturated rings. The molecule has 1 aliphatic rings. The first kappa shape index (κ1) is 10.3. The molecule has 1 aromatic carbocycles. The molecule has 2 nitrogen and oxygen atoms in total. The Labute approximate surface area is 93.4 Å². The van der Waals surface area contributed by atoms with Crippen molar-refractivity contribution < 1.29 is 9.84 Å². The average molecular weight is 223 g/mol. The van der Waals surface area contributed by atoms with E-state index in [1.165, 1.54) is 5.54 Å². The summed E-state index contributed by atoms with van der Waals surface area (Å²) in [6.45, 7) is 0.519. The maximum Gasteiger partial charge on any atom is 0.127 e. The largest absolute Gasteiger partial charge is 0.488 e. The summed E-state index contributed by atoms with van der Waals surface area (Å²) in [7, 11) is 0. The van der Waals surface area contributed by atoms with Gasteiger partial charge in [0.1, 0.15) is 12.4 Å². The lowest BCUT2D eigenvalue weighted by Crippen LogP contribution is -1.98. The quantitative estimate of drug-likeness (QED) is 0.792. The first-order chi connectivity index (χ1) is 7.33. The number of aliphatic hydroxyl groups is 1. The second-order valence-electron chi connectivity index (χ2n) is 3.34. The molecule has 1 N–H and O–H groups in total. The fraction of sp³-hybridized carbons (Fsp3) is 0.167. The summed E-state index contributed by atoms with van der Waals surface area (Å²) in [6.07, 6.45) is 3.86. The molecule has 15 heavy (non-hydrogen) atoms. The Morgan fingerprint density at radius 2 is 2.27 bits per heavy atom. The minimum atomic E-state index is 0.0410. The highest BCUT2D eigenvalue weighted by molar-refractivity contribution is 6.25. The van der Waals surface area contributed by atoms with Gasteiger partial charge in [-0.05, 0) is 17.7 Å². The molecule has 0 bridgehead atoms. The molecule has 0 aliphatic carbocycles. The minimum Gasteiger partial charge on any atom is -0.488 e. The highest BCUT2D eigenvalue weighted by atomic mass is 35.5. The van der Waals surface area contributed by atoms with Crippen LogP contribution in [0.5, 0.6) is 5.75 Å². The molecule has 2 rings (SSSR count). The third-order valence-corrected chi connectivity index (χ3v) is 2.55. The van der Waals surface area contributed by atoms with Crippen LogP contribution in [0, 0.1) is 0 Å². The predicted molar refractivity (Wildman–Crippen MR) is 60.8 cm³/mol. The van der Waals surface area contributed by atoms with Gasteiger partial charge in [-0.25, -0.2) is 0 Å². The Morgan fingerprint density at radius 3 is 3.00 bits per heavy atom. The van der Waals surface area contributed by atoms with E-state index in [1.54, 1.807) is 0 Å². The molecule has 0 atom stereocenters. The van der Waals surface area contributed by atoms with Crippen LogP contribution in [-0.4, -0.2) is 11.7 Å². The van der Waals surface area contributed by atoms with E-state index < -0.39 is 0 Å². The van der Waals surface area contributed by atoms with Crippen LogP contribution in [-0.2, 0) is 6.61 Å². The number of hydrogen-bond donors (Lipinski definition) is 1. The van der Waals surface area contributed by atoms with Crippen molar-refractivity contribution in [3.05, 3.63) is 46.5 Å². The highest BCUT2D eigenvalue weighted by Crippen LogP contribution is 2.25. The van der Waals surface area contributed by atoms with Gasteiger partial charge in [-0.3, -0.25) is 0 Å². The van der Waals surface area contributed by atoms with Gasteiger partial charge in [0.15, 0.2) is 0 Å². The molecule has 0 saturated heterocycles. The lowest BCUT2D eigenvalue weighted by molar-refractivity contribution is 0.281. The minimum absolute atomic E-state index is 0.0410. The van der Waals surface area contributed by atoms with E-state index in [-0.39, 0.29) is 6.61 Å². The van der Waals surface area contributed by atoms with Crippen molar-refractivity contribution in [3.8, 4) is 5.75 Å². The first-order valence-corrected chi connectivity index (χ1v) is 5.11. The summed E-state index contributed by atoms with van der Waals surface area (Å²) >= 11 is 5.62. The zero-order chi connectivity index (χ0) is 10.7. The van der Waals surface area contributed by atoms with E-state index in [4.69, 9.17) is 21.4 Å². The molecule has 0 saturated carbocycles. The van der Waals surface area contributed by atoms with Gasteiger partial charge < -0.3 is 9.84 Å². The van der Waals surface area contributed by atoms with Crippen LogP contribution in [0.2, 0.25) is 0 Å². The number of fused-ring (bicyclic) bond motifs is 1. The van der Waals surface area contributed by atoms with Gasteiger partial charge in [-0.15, -0.1) is 0 Å². The molecule has 0 unspecified atom stereocenters. The van der Waals surface area contributed by atoms with Crippen molar-refractivity contribution in [1.82, 2.24) is 0 Å². The fourth-order valence-corrected chi connectivity index (χ4v) is 1.57. The normalized spacial score (nSPS) is 17.1. The molecule has 0 radical (unpaired) electrons. The summed E-state index contributed by atoms with van der Waals surface area (Å²) in [6, 6.07) is 5.62. The number of ether oxygens (including phenoxy) is 1. The summed E-state index contributed by atoms with van der Waals surface area (Å²) < 4.78 is 5.55. The van der Waals surface area contributed by atoms with Crippen LogP contribution in [0.3, 0.4) is 0 Å². The van der Waals surface area contributed by atoms with Crippen molar-refractivity contribution in [2.45, 2.75) is 6.61 Å². The Hall–Kier alpha value is -1.25. The van der Waals surface area contributed by atoms with Crippen molar-refractivity contribution in [3.63, 3.8) is 0 Å². The van der Waals surface area contributed by atoms with Crippen LogP contribution in [0.4, 0.5) is 0 Å². The Balaban J connectivity index is 2.38. The van der Waals surface area contributed by atoms with Gasteiger partial charge >= 0.3 is 0 Å². The summed E-state index contributed by atoms with van der Waals surface area (Å²) in [5.41, 5.74) is 4.28. The number of halogens is 1. The molecule has 0 spiro atoms. The number of benzene rings is 1. The zero-order valence-electron chi connectivity index (χ0n) is 8.11. The third-order valence-electron chi connectivity index (χ3n) is 2.27. The van der Waals surface area contributed by atoms with Crippen LogP contribution in [0.1, 0.15) is 11.1 Å². The Morgan fingerprint density at radius 1 is 1.40 bits per heavy atom. The molecule has 1 aromatic rings. The second kappa shape index (κ2) is 4.51. The van der Waals surface area contributed by atoms with Gasteiger partial charge in [0.05, 0.1) is 6.61 Å². The Bertz CT molecular complexity index is 422. The third kappa shape index (κ3) is 2.22. The van der Waals surface area contributed by atoms with E-state index >= 15 is 0 Å².